The smallest absolute Gasteiger partial charge is 0.264 e. The van der Waals surface area contributed by atoms with Crippen molar-refractivity contribution < 1.29 is 138 Å². The second-order valence-corrected chi connectivity index (χ2v) is 1.34. The summed E-state index contributed by atoms with van der Waals surface area (Å²) < 4.78 is 31.6. The van der Waals surface area contributed by atoms with E-state index in [-0.39, 0.29) is 121 Å². The summed E-state index contributed by atoms with van der Waals surface area (Å²) in [4.78, 5) is 0. The van der Waals surface area contributed by atoms with Crippen LogP contribution >= 0.6 is 0 Å². The fraction of sp³-hybridized carbons (Fsp3) is 0. The Balaban J connectivity index is -0.0000000267. The summed E-state index contributed by atoms with van der Waals surface area (Å²) in [5.41, 5.74) is 0. The van der Waals surface area contributed by atoms with Crippen LogP contribution in [0.4, 0.5) is 0 Å². The van der Waals surface area contributed by atoms with Gasteiger partial charge in [0.1, 0.15) is 0 Å². The van der Waals surface area contributed by atoms with Crippen LogP contribution in [0.2, 0.25) is 0 Å². The van der Waals surface area contributed by atoms with Crippen molar-refractivity contribution in [3.05, 3.63) is 0 Å². The van der Waals surface area contributed by atoms with E-state index < -0.39 is 10.4 Å². The average molecular weight is 615 g/mol. The van der Waals surface area contributed by atoms with E-state index in [0.29, 0.717) is 0 Å². The molecule has 0 aromatic carbocycles. The molecule has 0 spiro atoms. The molecule has 0 heterocycles. The second kappa shape index (κ2) is 10.9. The molecule has 74 valence electrons. The van der Waals surface area contributed by atoms with Crippen LogP contribution in [-0.2, 0) is 10.4 Å². The quantitative estimate of drug-likeness (QED) is 0.356. The third-order valence-corrected chi connectivity index (χ3v) is 0. The predicted octanol–water partition coefficient (Wildman–Crippen LogP) is -0.653. The molecule has 0 bridgehead atoms. The molecule has 2 radical (unpaired) electrons. The molecule has 4 nitrogen and oxygen atoms in total. The summed E-state index contributed by atoms with van der Waals surface area (Å²) >= 11 is 0. The fourth-order valence-electron chi connectivity index (χ4n) is 0. The maximum Gasteiger partial charge on any atom is 0.394 e. The number of hydrogen-bond donors (Lipinski definition) is 2. The van der Waals surface area contributed by atoms with Gasteiger partial charge in [0.05, 0.1) is 0 Å². The second-order valence-electron chi connectivity index (χ2n) is 0.448. The van der Waals surface area contributed by atoms with Crippen LogP contribution in [0, 0.1) is 121 Å². The van der Waals surface area contributed by atoms with Gasteiger partial charge in [-0.25, -0.2) is 0 Å². The molecule has 0 fully saturated rings. The average Bonchev–Trinajstić information content (AvgIpc) is 0.722. The first kappa shape index (κ1) is 22.6. The Morgan fingerprint density at radius 2 is 1.12 bits per heavy atom. The first-order valence-electron chi connectivity index (χ1n) is 0.698. The Morgan fingerprint density at radius 1 is 1.12 bits per heavy atom. The van der Waals surface area contributed by atoms with Gasteiger partial charge in [-0.05, 0) is 0 Å². The summed E-state index contributed by atoms with van der Waals surface area (Å²) in [5.74, 6) is 0. The molecule has 8 heteroatoms. The van der Waals surface area contributed by atoms with E-state index in [2.05, 4.69) is 0 Å². The molecule has 0 aliphatic heterocycles. The molecule has 0 atom stereocenters. The zero-order chi connectivity index (χ0) is 4.50. The molecule has 0 saturated heterocycles. The van der Waals surface area contributed by atoms with Gasteiger partial charge in [0.25, 0.3) is 0 Å². The zero-order valence-electron chi connectivity index (χ0n) is 2.92. The third kappa shape index (κ3) is 52.0. The summed E-state index contributed by atoms with van der Waals surface area (Å²) in [6.07, 6.45) is 0. The molecule has 0 aliphatic carbocycles. The normalized spacial score (nSPS) is 7.25. The fourth-order valence-corrected chi connectivity index (χ4v) is 0. The molecule has 0 aromatic heterocycles. The minimum absolute atomic E-state index is 0. The van der Waals surface area contributed by atoms with Crippen molar-refractivity contribution in [2.45, 2.75) is 0 Å². The van der Waals surface area contributed by atoms with Crippen molar-refractivity contribution in [2.75, 3.05) is 0 Å². The van der Waals surface area contributed by atoms with Gasteiger partial charge >= 0.3 is 10.4 Å². The molecule has 2 N–H and O–H groups in total. The van der Waals surface area contributed by atoms with E-state index in [1.165, 1.54) is 0 Å². The monoisotopic (exact) mass is 616 g/mol. The Morgan fingerprint density at radius 3 is 1.12 bits per heavy atom. The van der Waals surface area contributed by atoms with Gasteiger partial charge in [-0.3, -0.25) is 9.11 Å². The van der Waals surface area contributed by atoms with Gasteiger partial charge in [-0.2, -0.15) is 8.42 Å². The molecule has 0 rings (SSSR count). The first-order chi connectivity index (χ1) is 2.00. The van der Waals surface area contributed by atoms with Crippen molar-refractivity contribution in [2.24, 2.45) is 0 Å². The number of rotatable bonds is 0. The molecule has 0 aliphatic rings. The van der Waals surface area contributed by atoms with Crippen LogP contribution in [0.25, 0.3) is 0 Å². The number of hydrogen-bond acceptors (Lipinski definition) is 2. The first-order valence-corrected chi connectivity index (χ1v) is 2.10. The summed E-state index contributed by atoms with van der Waals surface area (Å²) in [5, 5.41) is 0. The van der Waals surface area contributed by atoms with Crippen LogP contribution in [0.5, 0.6) is 0 Å². The maximum absolute atomic E-state index is 8.74. The van der Waals surface area contributed by atoms with E-state index in [1.54, 1.807) is 0 Å². The topological polar surface area (TPSA) is 74.6 Å². The molecule has 0 unspecified atom stereocenters. The van der Waals surface area contributed by atoms with Gasteiger partial charge in [0.2, 0.25) is 0 Å². The van der Waals surface area contributed by atoms with Crippen LogP contribution in [-0.4, -0.2) is 17.5 Å². The van der Waals surface area contributed by atoms with Gasteiger partial charge < -0.3 is 0 Å². The summed E-state index contributed by atoms with van der Waals surface area (Å²) in [7, 11) is -4.67. The molecule has 0 aromatic rings. The van der Waals surface area contributed by atoms with Gasteiger partial charge in [0, 0.05) is 121 Å². The molecular weight excluding hydrogens is 613 g/mol. The molecular formula is H2LuO4STmYb. The van der Waals surface area contributed by atoms with E-state index in [4.69, 9.17) is 17.5 Å². The van der Waals surface area contributed by atoms with Crippen LogP contribution < -0.4 is 0 Å². The minimum atomic E-state index is -4.67. The Bertz CT molecular complexity index is 99.2. The van der Waals surface area contributed by atoms with E-state index in [0.717, 1.165) is 0 Å². The van der Waals surface area contributed by atoms with Gasteiger partial charge in [0.15, 0.2) is 0 Å². The Kier molecular flexibility index (Phi) is 30.7. The Labute approximate surface area is 144 Å². The van der Waals surface area contributed by atoms with E-state index in [9.17, 15) is 0 Å². The standard InChI is InChI=1S/Lu.H2O4S.Tm.Yb/c;1-5(2,3)4;;/h;(H2,1,2,3,4);;. The summed E-state index contributed by atoms with van der Waals surface area (Å²) in [6, 6.07) is 0. The van der Waals surface area contributed by atoms with Gasteiger partial charge in [-0.1, -0.05) is 0 Å². The van der Waals surface area contributed by atoms with E-state index >= 15 is 0 Å². The Hall–Kier alpha value is 3.86. The van der Waals surface area contributed by atoms with Crippen molar-refractivity contribution in [1.29, 1.82) is 0 Å². The predicted molar refractivity (Wildman–Crippen MR) is 14.2 cm³/mol. The zero-order valence-corrected chi connectivity index (χ0v) is 8.89. The van der Waals surface area contributed by atoms with Crippen molar-refractivity contribution in [3.63, 3.8) is 0 Å². The van der Waals surface area contributed by atoms with Crippen LogP contribution in [0.1, 0.15) is 0 Å². The van der Waals surface area contributed by atoms with Crippen molar-refractivity contribution >= 4 is 10.4 Å². The van der Waals surface area contributed by atoms with E-state index in [1.807, 2.05) is 0 Å². The van der Waals surface area contributed by atoms with Crippen LogP contribution in [0.3, 0.4) is 0 Å². The minimum Gasteiger partial charge on any atom is -0.264 e. The van der Waals surface area contributed by atoms with Crippen molar-refractivity contribution in [3.8, 4) is 0 Å². The van der Waals surface area contributed by atoms with Gasteiger partial charge in [-0.15, -0.1) is 0 Å². The SMILES string of the molecule is O=S(=O)(O)O.[Lu].[Tm].[Yb]. The largest absolute Gasteiger partial charge is 0.394 e. The van der Waals surface area contributed by atoms with Crippen molar-refractivity contribution in [1.82, 2.24) is 0 Å². The summed E-state index contributed by atoms with van der Waals surface area (Å²) in [6.45, 7) is 0. The molecule has 0 saturated carbocycles. The molecule has 0 amide bonds. The van der Waals surface area contributed by atoms with Crippen LogP contribution in [0.15, 0.2) is 0 Å². The molecule has 8 heavy (non-hydrogen) atoms. The maximum atomic E-state index is 8.74. The third-order valence-electron chi connectivity index (χ3n) is 0.